The molecule has 16 heavy (non-hydrogen) atoms. The molecule has 0 amide bonds. The van der Waals surface area contributed by atoms with E-state index in [4.69, 9.17) is 0 Å². The van der Waals surface area contributed by atoms with Crippen LogP contribution >= 0.6 is 0 Å². The first-order chi connectivity index (χ1) is 7.52. The van der Waals surface area contributed by atoms with Gasteiger partial charge in [0.15, 0.2) is 0 Å². The highest BCUT2D eigenvalue weighted by atomic mass is 15.3. The molecule has 2 fully saturated rings. The maximum atomic E-state index is 3.41. The molecule has 0 bridgehead atoms. The standard InChI is InChI=1S/C14H28N2/c1-5-16(13-9-15-10-13)12-6-11(2)7-14(3,4)8-12/h11-13,15H,5-10H2,1-4H3. The van der Waals surface area contributed by atoms with E-state index in [-0.39, 0.29) is 0 Å². The maximum Gasteiger partial charge on any atom is 0.0348 e. The molecule has 2 heteroatoms. The topological polar surface area (TPSA) is 15.3 Å². The lowest BCUT2D eigenvalue weighted by molar-refractivity contribution is 0.0262. The van der Waals surface area contributed by atoms with Crippen molar-refractivity contribution >= 4 is 0 Å². The van der Waals surface area contributed by atoms with Gasteiger partial charge in [-0.15, -0.1) is 0 Å². The molecular formula is C14H28N2. The van der Waals surface area contributed by atoms with E-state index in [9.17, 15) is 0 Å². The molecule has 0 aromatic heterocycles. The molecule has 0 radical (unpaired) electrons. The molecule has 1 saturated carbocycles. The summed E-state index contributed by atoms with van der Waals surface area (Å²) in [5.74, 6) is 0.899. The van der Waals surface area contributed by atoms with E-state index in [1.54, 1.807) is 0 Å². The van der Waals surface area contributed by atoms with Crippen LogP contribution in [0.25, 0.3) is 0 Å². The van der Waals surface area contributed by atoms with Crippen molar-refractivity contribution in [1.82, 2.24) is 10.2 Å². The second-order valence-corrected chi connectivity index (χ2v) is 6.71. The minimum atomic E-state index is 0.549. The van der Waals surface area contributed by atoms with Gasteiger partial charge in [0.1, 0.15) is 0 Å². The molecule has 94 valence electrons. The summed E-state index contributed by atoms with van der Waals surface area (Å²) in [5, 5.41) is 3.41. The van der Waals surface area contributed by atoms with Crippen LogP contribution in [0.15, 0.2) is 0 Å². The molecule has 2 nitrogen and oxygen atoms in total. The molecular weight excluding hydrogens is 196 g/mol. The van der Waals surface area contributed by atoms with Gasteiger partial charge in [0, 0.05) is 25.2 Å². The molecule has 1 heterocycles. The SMILES string of the molecule is CCN(C1CNC1)C1CC(C)CC(C)(C)C1. The molecule has 1 aliphatic heterocycles. The van der Waals surface area contributed by atoms with Gasteiger partial charge in [-0.25, -0.2) is 0 Å². The highest BCUT2D eigenvalue weighted by Gasteiger charge is 2.37. The van der Waals surface area contributed by atoms with Crippen LogP contribution in [0.3, 0.4) is 0 Å². The highest BCUT2D eigenvalue weighted by Crippen LogP contribution is 2.40. The first kappa shape index (κ1) is 12.4. The number of hydrogen-bond acceptors (Lipinski definition) is 2. The van der Waals surface area contributed by atoms with E-state index in [0.717, 1.165) is 18.0 Å². The Morgan fingerprint density at radius 2 is 1.88 bits per heavy atom. The largest absolute Gasteiger partial charge is 0.314 e. The van der Waals surface area contributed by atoms with Gasteiger partial charge in [-0.05, 0) is 37.1 Å². The van der Waals surface area contributed by atoms with Crippen molar-refractivity contribution in [3.63, 3.8) is 0 Å². The number of nitrogens with one attached hydrogen (secondary N) is 1. The van der Waals surface area contributed by atoms with Crippen LogP contribution in [0.2, 0.25) is 0 Å². The summed E-state index contributed by atoms with van der Waals surface area (Å²) in [6, 6.07) is 1.65. The average Bonchev–Trinajstić information content (AvgIpc) is 2.07. The third kappa shape index (κ3) is 2.60. The highest BCUT2D eigenvalue weighted by molar-refractivity contribution is 4.93. The summed E-state index contributed by atoms with van der Waals surface area (Å²) in [7, 11) is 0. The maximum absolute atomic E-state index is 3.41. The van der Waals surface area contributed by atoms with Crippen molar-refractivity contribution in [2.75, 3.05) is 19.6 Å². The van der Waals surface area contributed by atoms with Crippen LogP contribution in [0.4, 0.5) is 0 Å². The Morgan fingerprint density at radius 3 is 2.31 bits per heavy atom. The zero-order valence-electron chi connectivity index (χ0n) is 11.4. The molecule has 2 rings (SSSR count). The first-order valence-corrected chi connectivity index (χ1v) is 6.98. The fourth-order valence-electron chi connectivity index (χ4n) is 3.87. The van der Waals surface area contributed by atoms with Gasteiger partial charge in [-0.3, -0.25) is 4.90 Å². The summed E-state index contributed by atoms with van der Waals surface area (Å²) < 4.78 is 0. The van der Waals surface area contributed by atoms with Gasteiger partial charge in [-0.2, -0.15) is 0 Å². The summed E-state index contributed by atoms with van der Waals surface area (Å²) in [4.78, 5) is 2.76. The summed E-state index contributed by atoms with van der Waals surface area (Å²) >= 11 is 0. The molecule has 0 aromatic rings. The van der Waals surface area contributed by atoms with E-state index in [1.165, 1.54) is 38.9 Å². The van der Waals surface area contributed by atoms with Gasteiger partial charge >= 0.3 is 0 Å². The van der Waals surface area contributed by atoms with Crippen molar-refractivity contribution < 1.29 is 0 Å². The zero-order valence-corrected chi connectivity index (χ0v) is 11.4. The monoisotopic (exact) mass is 224 g/mol. The molecule has 1 saturated heterocycles. The quantitative estimate of drug-likeness (QED) is 0.792. The van der Waals surface area contributed by atoms with Gasteiger partial charge in [0.05, 0.1) is 0 Å². The number of hydrogen-bond donors (Lipinski definition) is 1. The second kappa shape index (κ2) is 4.66. The van der Waals surface area contributed by atoms with Crippen molar-refractivity contribution in [2.45, 2.75) is 59.0 Å². The fourth-order valence-corrected chi connectivity index (χ4v) is 3.87. The lowest BCUT2D eigenvalue weighted by atomic mass is 9.70. The predicted octanol–water partition coefficient (Wildman–Crippen LogP) is 2.49. The molecule has 1 aliphatic carbocycles. The molecule has 1 N–H and O–H groups in total. The van der Waals surface area contributed by atoms with Crippen molar-refractivity contribution in [2.24, 2.45) is 11.3 Å². The number of likely N-dealkylation sites (N-methyl/N-ethyl adjacent to an activating group) is 1. The van der Waals surface area contributed by atoms with Crippen LogP contribution in [0.5, 0.6) is 0 Å². The summed E-state index contributed by atoms with van der Waals surface area (Å²) in [5.41, 5.74) is 0.549. The average molecular weight is 224 g/mol. The van der Waals surface area contributed by atoms with Crippen molar-refractivity contribution in [3.05, 3.63) is 0 Å². The molecule has 2 aliphatic rings. The van der Waals surface area contributed by atoms with Crippen molar-refractivity contribution in [1.29, 1.82) is 0 Å². The van der Waals surface area contributed by atoms with Gasteiger partial charge < -0.3 is 5.32 Å². The number of rotatable bonds is 3. The molecule has 0 spiro atoms. The second-order valence-electron chi connectivity index (χ2n) is 6.71. The van der Waals surface area contributed by atoms with Crippen LogP contribution in [0.1, 0.15) is 47.0 Å². The lowest BCUT2D eigenvalue weighted by Crippen LogP contribution is -2.61. The van der Waals surface area contributed by atoms with E-state index in [2.05, 4.69) is 37.9 Å². The third-order valence-corrected chi connectivity index (χ3v) is 4.43. The van der Waals surface area contributed by atoms with Gasteiger partial charge in [0.2, 0.25) is 0 Å². The summed E-state index contributed by atoms with van der Waals surface area (Å²) in [6.45, 7) is 13.3. The van der Waals surface area contributed by atoms with Gasteiger partial charge in [-0.1, -0.05) is 27.7 Å². The first-order valence-electron chi connectivity index (χ1n) is 6.98. The smallest absolute Gasteiger partial charge is 0.0348 e. The lowest BCUT2D eigenvalue weighted by Gasteiger charge is -2.48. The summed E-state index contributed by atoms with van der Waals surface area (Å²) in [6.07, 6.45) is 4.21. The van der Waals surface area contributed by atoms with Crippen LogP contribution in [-0.4, -0.2) is 36.6 Å². The Kier molecular flexibility index (Phi) is 3.60. The van der Waals surface area contributed by atoms with Crippen LogP contribution in [-0.2, 0) is 0 Å². The van der Waals surface area contributed by atoms with Crippen molar-refractivity contribution in [3.8, 4) is 0 Å². The van der Waals surface area contributed by atoms with Crippen LogP contribution < -0.4 is 5.32 Å². The van der Waals surface area contributed by atoms with E-state index in [1.807, 2.05) is 0 Å². The minimum Gasteiger partial charge on any atom is -0.314 e. The normalized spacial score (nSPS) is 35.1. The fraction of sp³-hybridized carbons (Fsp3) is 1.00. The Labute approximate surface area is 101 Å². The Hall–Kier alpha value is -0.0800. The number of nitrogens with zero attached hydrogens (tertiary/aromatic N) is 1. The minimum absolute atomic E-state index is 0.549. The van der Waals surface area contributed by atoms with E-state index in [0.29, 0.717) is 5.41 Å². The molecule has 2 atom stereocenters. The predicted molar refractivity (Wildman–Crippen MR) is 69.6 cm³/mol. The molecule has 0 aromatic carbocycles. The Bertz CT molecular complexity index is 233. The Balaban J connectivity index is 2.00. The van der Waals surface area contributed by atoms with E-state index >= 15 is 0 Å². The zero-order chi connectivity index (χ0) is 11.8. The van der Waals surface area contributed by atoms with Crippen LogP contribution in [0, 0.1) is 11.3 Å². The third-order valence-electron chi connectivity index (χ3n) is 4.43. The Morgan fingerprint density at radius 1 is 1.19 bits per heavy atom. The molecule has 2 unspecified atom stereocenters. The van der Waals surface area contributed by atoms with Gasteiger partial charge in [0.25, 0.3) is 0 Å². The van der Waals surface area contributed by atoms with E-state index < -0.39 is 0 Å².